The van der Waals surface area contributed by atoms with Crippen LogP contribution in [0.2, 0.25) is 0 Å². The molecule has 0 aliphatic heterocycles. The molecule has 2 nitrogen and oxygen atoms in total. The van der Waals surface area contributed by atoms with Gasteiger partial charge < -0.3 is 5.21 Å². The fraction of sp³-hybridized carbons (Fsp3) is 0.167. The minimum atomic E-state index is 0.213. The molecule has 0 amide bonds. The van der Waals surface area contributed by atoms with Gasteiger partial charge in [0.05, 0.1) is 5.71 Å². The Hall–Kier alpha value is -2.35. The second-order valence-electron chi connectivity index (χ2n) is 5.49. The highest BCUT2D eigenvalue weighted by Gasteiger charge is 2.33. The molecule has 0 fully saturated rings. The fourth-order valence-electron chi connectivity index (χ4n) is 3.41. The molecule has 0 saturated heterocycles. The molecule has 0 aromatic heterocycles. The molecule has 4 rings (SSSR count). The van der Waals surface area contributed by atoms with Crippen LogP contribution in [0.25, 0.3) is 6.08 Å². The SMILES string of the molecule is O/N=C1/c2ccccc2CC1C1=Cc2ccccc2C1. The molecule has 1 N–H and O–H groups in total. The van der Waals surface area contributed by atoms with E-state index in [4.69, 9.17) is 0 Å². The van der Waals surface area contributed by atoms with E-state index < -0.39 is 0 Å². The fourth-order valence-corrected chi connectivity index (χ4v) is 3.41. The molecule has 0 radical (unpaired) electrons. The molecule has 2 aromatic rings. The van der Waals surface area contributed by atoms with Gasteiger partial charge in [-0.3, -0.25) is 0 Å². The zero-order valence-corrected chi connectivity index (χ0v) is 11.1. The molecule has 0 bridgehead atoms. The summed E-state index contributed by atoms with van der Waals surface area (Å²) in [5.41, 5.74) is 7.22. The van der Waals surface area contributed by atoms with E-state index in [9.17, 15) is 5.21 Å². The summed E-state index contributed by atoms with van der Waals surface area (Å²) in [7, 11) is 0. The Morgan fingerprint density at radius 3 is 2.50 bits per heavy atom. The van der Waals surface area contributed by atoms with Crippen LogP contribution in [0, 0.1) is 5.92 Å². The van der Waals surface area contributed by atoms with Crippen molar-refractivity contribution in [2.45, 2.75) is 12.8 Å². The molecular weight excluding hydrogens is 246 g/mol. The van der Waals surface area contributed by atoms with Crippen molar-refractivity contribution >= 4 is 11.8 Å². The number of hydrogen-bond donors (Lipinski definition) is 1. The third-order valence-electron chi connectivity index (χ3n) is 4.39. The maximum absolute atomic E-state index is 9.42. The first kappa shape index (κ1) is 11.5. The van der Waals surface area contributed by atoms with Gasteiger partial charge in [-0.1, -0.05) is 65.3 Å². The lowest BCUT2D eigenvalue weighted by Crippen LogP contribution is -2.13. The highest BCUT2D eigenvalue weighted by atomic mass is 16.4. The molecule has 0 spiro atoms. The molecule has 0 saturated carbocycles. The summed E-state index contributed by atoms with van der Waals surface area (Å²) < 4.78 is 0. The van der Waals surface area contributed by atoms with Gasteiger partial charge in [0.1, 0.15) is 0 Å². The number of rotatable bonds is 1. The van der Waals surface area contributed by atoms with Crippen LogP contribution in [0.5, 0.6) is 0 Å². The Morgan fingerprint density at radius 2 is 1.70 bits per heavy atom. The number of nitrogens with zero attached hydrogens (tertiary/aromatic N) is 1. The summed E-state index contributed by atoms with van der Waals surface area (Å²) in [4.78, 5) is 0. The summed E-state index contributed by atoms with van der Waals surface area (Å²) >= 11 is 0. The molecule has 20 heavy (non-hydrogen) atoms. The largest absolute Gasteiger partial charge is 0.411 e. The summed E-state index contributed by atoms with van der Waals surface area (Å²) in [5.74, 6) is 0.213. The van der Waals surface area contributed by atoms with Gasteiger partial charge in [-0.2, -0.15) is 0 Å². The molecule has 2 aliphatic carbocycles. The van der Waals surface area contributed by atoms with Gasteiger partial charge in [0, 0.05) is 11.5 Å². The van der Waals surface area contributed by atoms with Crippen molar-refractivity contribution < 1.29 is 5.21 Å². The Bertz CT molecular complexity index is 743. The maximum Gasteiger partial charge on any atom is 0.0945 e. The second-order valence-corrected chi connectivity index (χ2v) is 5.49. The van der Waals surface area contributed by atoms with Crippen molar-refractivity contribution in [3.63, 3.8) is 0 Å². The van der Waals surface area contributed by atoms with Crippen LogP contribution in [0.15, 0.2) is 59.3 Å². The van der Waals surface area contributed by atoms with Gasteiger partial charge in [-0.15, -0.1) is 0 Å². The van der Waals surface area contributed by atoms with E-state index >= 15 is 0 Å². The minimum Gasteiger partial charge on any atom is -0.411 e. The van der Waals surface area contributed by atoms with Crippen LogP contribution in [0.1, 0.15) is 22.3 Å². The smallest absolute Gasteiger partial charge is 0.0945 e. The molecule has 0 heterocycles. The average Bonchev–Trinajstić information content (AvgIpc) is 3.07. The van der Waals surface area contributed by atoms with Crippen LogP contribution >= 0.6 is 0 Å². The van der Waals surface area contributed by atoms with Crippen LogP contribution in [-0.4, -0.2) is 10.9 Å². The first-order chi connectivity index (χ1) is 9.86. The van der Waals surface area contributed by atoms with Gasteiger partial charge in [-0.25, -0.2) is 0 Å². The van der Waals surface area contributed by atoms with Gasteiger partial charge in [0.2, 0.25) is 0 Å². The predicted molar refractivity (Wildman–Crippen MR) is 80.1 cm³/mol. The Kier molecular flexibility index (Phi) is 2.49. The molecule has 2 aromatic carbocycles. The van der Waals surface area contributed by atoms with E-state index in [0.29, 0.717) is 0 Å². The summed E-state index contributed by atoms with van der Waals surface area (Å²) in [5, 5.41) is 13.0. The highest BCUT2D eigenvalue weighted by Crippen LogP contribution is 2.37. The summed E-state index contributed by atoms with van der Waals surface area (Å²) in [6.07, 6.45) is 4.17. The van der Waals surface area contributed by atoms with E-state index in [1.165, 1.54) is 22.3 Å². The normalized spacial score (nSPS) is 21.7. The third-order valence-corrected chi connectivity index (χ3v) is 4.39. The Balaban J connectivity index is 1.73. The average molecular weight is 261 g/mol. The Morgan fingerprint density at radius 1 is 0.950 bits per heavy atom. The van der Waals surface area contributed by atoms with Crippen molar-refractivity contribution in [1.82, 2.24) is 0 Å². The van der Waals surface area contributed by atoms with Crippen molar-refractivity contribution in [2.75, 3.05) is 0 Å². The first-order valence-electron chi connectivity index (χ1n) is 6.95. The molecule has 2 aliphatic rings. The monoisotopic (exact) mass is 261 g/mol. The molecular formula is C18H15NO. The topological polar surface area (TPSA) is 32.6 Å². The van der Waals surface area contributed by atoms with Crippen LogP contribution < -0.4 is 0 Å². The number of fused-ring (bicyclic) bond motifs is 2. The molecule has 1 unspecified atom stereocenters. The number of hydrogen-bond acceptors (Lipinski definition) is 2. The van der Waals surface area contributed by atoms with Gasteiger partial charge in [0.15, 0.2) is 0 Å². The quantitative estimate of drug-likeness (QED) is 0.616. The zero-order chi connectivity index (χ0) is 13.5. The summed E-state index contributed by atoms with van der Waals surface area (Å²) in [6, 6.07) is 16.7. The van der Waals surface area contributed by atoms with E-state index in [1.807, 2.05) is 18.2 Å². The molecule has 98 valence electrons. The van der Waals surface area contributed by atoms with Crippen LogP contribution in [0.3, 0.4) is 0 Å². The van der Waals surface area contributed by atoms with E-state index in [2.05, 4.69) is 41.6 Å². The van der Waals surface area contributed by atoms with Gasteiger partial charge in [-0.05, 0) is 29.5 Å². The lowest BCUT2D eigenvalue weighted by molar-refractivity contribution is 0.317. The van der Waals surface area contributed by atoms with Crippen molar-refractivity contribution in [2.24, 2.45) is 11.1 Å². The zero-order valence-electron chi connectivity index (χ0n) is 11.1. The van der Waals surface area contributed by atoms with Gasteiger partial charge >= 0.3 is 0 Å². The van der Waals surface area contributed by atoms with Crippen molar-refractivity contribution in [1.29, 1.82) is 0 Å². The lowest BCUT2D eigenvalue weighted by atomic mass is 9.93. The van der Waals surface area contributed by atoms with Crippen LogP contribution in [-0.2, 0) is 12.8 Å². The summed E-state index contributed by atoms with van der Waals surface area (Å²) in [6.45, 7) is 0. The molecule has 1 atom stereocenters. The van der Waals surface area contributed by atoms with E-state index in [-0.39, 0.29) is 5.92 Å². The number of benzene rings is 2. The number of oxime groups is 1. The standard InChI is InChI=1S/C18H15NO/c20-19-18-16-8-4-3-7-14(16)11-17(18)15-9-12-5-1-2-6-13(12)10-15/h1-9,17,20H,10-11H2/b19-18-. The predicted octanol–water partition coefficient (Wildman–Crippen LogP) is 3.68. The molecule has 2 heteroatoms. The Labute approximate surface area is 118 Å². The van der Waals surface area contributed by atoms with E-state index in [1.54, 1.807) is 0 Å². The third kappa shape index (κ3) is 1.61. The second kappa shape index (κ2) is 4.34. The highest BCUT2D eigenvalue weighted by molar-refractivity contribution is 6.08. The lowest BCUT2D eigenvalue weighted by Gasteiger charge is -2.11. The number of allylic oxidation sites excluding steroid dienone is 1. The van der Waals surface area contributed by atoms with Crippen molar-refractivity contribution in [3.8, 4) is 0 Å². The maximum atomic E-state index is 9.42. The van der Waals surface area contributed by atoms with Crippen LogP contribution in [0.4, 0.5) is 0 Å². The first-order valence-corrected chi connectivity index (χ1v) is 6.95. The van der Waals surface area contributed by atoms with E-state index in [0.717, 1.165) is 24.1 Å². The van der Waals surface area contributed by atoms with Gasteiger partial charge in [0.25, 0.3) is 0 Å². The van der Waals surface area contributed by atoms with Crippen molar-refractivity contribution in [3.05, 3.63) is 76.4 Å². The minimum absolute atomic E-state index is 0.213.